The van der Waals surface area contributed by atoms with Crippen molar-refractivity contribution in [1.29, 1.82) is 0 Å². The Morgan fingerprint density at radius 2 is 1.74 bits per heavy atom. The van der Waals surface area contributed by atoms with Gasteiger partial charge in [-0.3, -0.25) is 0 Å². The fraction of sp³-hybridized carbons (Fsp3) is 0.111. The van der Waals surface area contributed by atoms with Crippen LogP contribution >= 0.6 is 24.0 Å². The van der Waals surface area contributed by atoms with Crippen LogP contribution in [0.1, 0.15) is 5.56 Å². The molecule has 19 heavy (non-hydrogen) atoms. The molecule has 10 heteroatoms. The van der Waals surface area contributed by atoms with E-state index >= 15 is 0 Å². The Morgan fingerprint density at radius 3 is 2.21 bits per heavy atom. The first-order valence-electron chi connectivity index (χ1n) is 4.50. The van der Waals surface area contributed by atoms with Gasteiger partial charge in [0.05, 0.1) is 16.3 Å². The summed E-state index contributed by atoms with van der Waals surface area (Å²) >= 11 is 5.69. The van der Waals surface area contributed by atoms with Crippen molar-refractivity contribution < 1.29 is 13.2 Å². The average molecular weight is 316 g/mol. The van der Waals surface area contributed by atoms with Crippen molar-refractivity contribution >= 4 is 41.6 Å². The summed E-state index contributed by atoms with van der Waals surface area (Å²) in [7, 11) is 0. The fourth-order valence-electron chi connectivity index (χ4n) is 1.06. The van der Waals surface area contributed by atoms with Gasteiger partial charge in [-0.1, -0.05) is 11.6 Å². The van der Waals surface area contributed by atoms with Gasteiger partial charge >= 0.3 is 6.18 Å². The monoisotopic (exact) mass is 315 g/mol. The Bertz CT molecular complexity index is 509. The molecule has 0 atom stereocenters. The molecule has 5 nitrogen and oxygen atoms in total. The Morgan fingerprint density at radius 1 is 1.16 bits per heavy atom. The van der Waals surface area contributed by atoms with Gasteiger partial charge in [-0.15, -0.1) is 12.4 Å². The number of guanidine groups is 2. The van der Waals surface area contributed by atoms with Crippen LogP contribution in [0.4, 0.5) is 18.9 Å². The zero-order valence-electron chi connectivity index (χ0n) is 9.28. The highest BCUT2D eigenvalue weighted by Crippen LogP contribution is 2.34. The van der Waals surface area contributed by atoms with Crippen molar-refractivity contribution in [2.45, 2.75) is 6.18 Å². The molecule has 1 aromatic carbocycles. The zero-order chi connectivity index (χ0) is 13.9. The van der Waals surface area contributed by atoms with Gasteiger partial charge in [0.1, 0.15) is 0 Å². The molecule has 0 saturated carbocycles. The number of benzene rings is 1. The van der Waals surface area contributed by atoms with Crippen molar-refractivity contribution in [1.82, 2.24) is 0 Å². The molecule has 1 aromatic rings. The smallest absolute Gasteiger partial charge is 0.370 e. The molecule has 0 radical (unpaired) electrons. The first-order chi connectivity index (χ1) is 8.20. The Kier molecular flexibility index (Phi) is 5.91. The molecule has 1 rings (SSSR count). The van der Waals surface area contributed by atoms with E-state index in [0.717, 1.165) is 18.2 Å². The second kappa shape index (κ2) is 6.48. The molecule has 0 saturated heterocycles. The van der Waals surface area contributed by atoms with Crippen molar-refractivity contribution in [2.75, 3.05) is 0 Å². The van der Waals surface area contributed by atoms with E-state index in [-0.39, 0.29) is 29.1 Å². The lowest BCUT2D eigenvalue weighted by Crippen LogP contribution is -2.26. The third-order valence-corrected chi connectivity index (χ3v) is 2.07. The first kappa shape index (κ1) is 17.3. The molecule has 0 aromatic heterocycles. The standard InChI is InChI=1S/C9H9ClF3N5.ClH/c10-5-2-1-4(9(11,12)13)3-6(5)17-8(16)18-7(14)15;/h1-3H,(H6,14,15,16,17,18);1H. The molecule has 0 aliphatic rings. The van der Waals surface area contributed by atoms with E-state index in [4.69, 9.17) is 28.8 Å². The Labute approximate surface area is 117 Å². The van der Waals surface area contributed by atoms with Gasteiger partial charge in [0.25, 0.3) is 0 Å². The topological polar surface area (TPSA) is 103 Å². The van der Waals surface area contributed by atoms with E-state index in [1.165, 1.54) is 0 Å². The summed E-state index contributed by atoms with van der Waals surface area (Å²) in [6.07, 6.45) is -4.50. The molecule has 0 spiro atoms. The van der Waals surface area contributed by atoms with Crippen molar-refractivity contribution in [3.05, 3.63) is 28.8 Å². The molecule has 0 bridgehead atoms. The highest BCUT2D eigenvalue weighted by atomic mass is 35.5. The normalized spacial score (nSPS) is 11.7. The summed E-state index contributed by atoms with van der Waals surface area (Å²) in [6, 6.07) is 2.64. The number of aliphatic imine (C=N–C) groups is 2. The van der Waals surface area contributed by atoms with E-state index in [1.54, 1.807) is 0 Å². The van der Waals surface area contributed by atoms with E-state index in [2.05, 4.69) is 9.98 Å². The van der Waals surface area contributed by atoms with Gasteiger partial charge < -0.3 is 17.2 Å². The van der Waals surface area contributed by atoms with Crippen LogP contribution in [0.15, 0.2) is 28.2 Å². The minimum atomic E-state index is -4.50. The van der Waals surface area contributed by atoms with Gasteiger partial charge in [0, 0.05) is 0 Å². The van der Waals surface area contributed by atoms with Crippen molar-refractivity contribution in [3.63, 3.8) is 0 Å². The summed E-state index contributed by atoms with van der Waals surface area (Å²) in [4.78, 5) is 6.95. The van der Waals surface area contributed by atoms with Crippen LogP contribution < -0.4 is 17.2 Å². The van der Waals surface area contributed by atoms with Crippen LogP contribution in [-0.4, -0.2) is 11.9 Å². The summed E-state index contributed by atoms with van der Waals surface area (Å²) in [5.41, 5.74) is 14.3. The van der Waals surface area contributed by atoms with E-state index in [1.807, 2.05) is 0 Å². The highest BCUT2D eigenvalue weighted by molar-refractivity contribution is 6.33. The molecule has 0 unspecified atom stereocenters. The van der Waals surface area contributed by atoms with Crippen LogP contribution in [0.2, 0.25) is 5.02 Å². The number of halogens is 5. The molecule has 106 valence electrons. The van der Waals surface area contributed by atoms with Crippen LogP contribution in [0.3, 0.4) is 0 Å². The second-order valence-corrected chi connectivity index (χ2v) is 3.58. The summed E-state index contributed by atoms with van der Waals surface area (Å²) in [5.74, 6) is -0.754. The van der Waals surface area contributed by atoms with Crippen LogP contribution in [0.25, 0.3) is 0 Å². The lowest BCUT2D eigenvalue weighted by Gasteiger charge is -2.08. The predicted molar refractivity (Wildman–Crippen MR) is 70.8 cm³/mol. The largest absolute Gasteiger partial charge is 0.416 e. The lowest BCUT2D eigenvalue weighted by atomic mass is 10.2. The Hall–Kier alpha value is -1.67. The van der Waals surface area contributed by atoms with E-state index in [0.29, 0.717) is 0 Å². The lowest BCUT2D eigenvalue weighted by molar-refractivity contribution is -0.137. The number of alkyl halides is 3. The maximum Gasteiger partial charge on any atom is 0.416 e. The van der Waals surface area contributed by atoms with Gasteiger partial charge in [-0.2, -0.15) is 18.2 Å². The average Bonchev–Trinajstić information content (AvgIpc) is 2.18. The summed E-state index contributed by atoms with van der Waals surface area (Å²) in [5, 5.41) is -0.00302. The molecule has 0 aliphatic heterocycles. The van der Waals surface area contributed by atoms with Crippen LogP contribution in [-0.2, 0) is 6.18 Å². The third kappa shape index (κ3) is 5.23. The molecular weight excluding hydrogens is 306 g/mol. The fourth-order valence-corrected chi connectivity index (χ4v) is 1.22. The number of hydrogen-bond acceptors (Lipinski definition) is 1. The predicted octanol–water partition coefficient (Wildman–Crippen LogP) is 2.00. The molecule has 0 amide bonds. The molecule has 0 heterocycles. The molecule has 0 aliphatic carbocycles. The third-order valence-electron chi connectivity index (χ3n) is 1.75. The minimum Gasteiger partial charge on any atom is -0.370 e. The van der Waals surface area contributed by atoms with Gasteiger partial charge in [-0.05, 0) is 18.2 Å². The highest BCUT2D eigenvalue weighted by Gasteiger charge is 2.30. The number of nitrogens with zero attached hydrogens (tertiary/aromatic N) is 2. The van der Waals surface area contributed by atoms with Gasteiger partial charge in [-0.25, -0.2) is 4.99 Å². The maximum absolute atomic E-state index is 12.5. The minimum absolute atomic E-state index is 0. The van der Waals surface area contributed by atoms with Crippen LogP contribution in [0, 0.1) is 0 Å². The van der Waals surface area contributed by atoms with E-state index < -0.39 is 17.7 Å². The van der Waals surface area contributed by atoms with Crippen LogP contribution in [0.5, 0.6) is 0 Å². The first-order valence-corrected chi connectivity index (χ1v) is 4.88. The number of rotatable bonds is 1. The van der Waals surface area contributed by atoms with Gasteiger partial charge in [0.15, 0.2) is 5.96 Å². The number of nitrogens with two attached hydrogens (primary N) is 3. The summed E-state index contributed by atoms with van der Waals surface area (Å²) in [6.45, 7) is 0. The van der Waals surface area contributed by atoms with Crippen molar-refractivity contribution in [2.24, 2.45) is 27.2 Å². The number of hydrogen-bond donors (Lipinski definition) is 3. The molecule has 6 N–H and O–H groups in total. The van der Waals surface area contributed by atoms with E-state index in [9.17, 15) is 13.2 Å². The Balaban J connectivity index is 0.00000324. The SMILES string of the molecule is Cl.NC(N)=NC(N)=Nc1cc(C(F)(F)F)ccc1Cl. The zero-order valence-corrected chi connectivity index (χ0v) is 10.9. The quantitative estimate of drug-likeness (QED) is 0.545. The maximum atomic E-state index is 12.5. The second-order valence-electron chi connectivity index (χ2n) is 3.17. The van der Waals surface area contributed by atoms with Crippen molar-refractivity contribution in [3.8, 4) is 0 Å². The summed E-state index contributed by atoms with van der Waals surface area (Å²) < 4.78 is 37.4. The molecule has 0 fully saturated rings. The van der Waals surface area contributed by atoms with Gasteiger partial charge in [0.2, 0.25) is 5.96 Å². The molecular formula is C9H10Cl2F3N5.